The number of methoxy groups -OCH3 is 1. The molecule has 0 radical (unpaired) electrons. The molecule has 1 atom stereocenters. The predicted octanol–water partition coefficient (Wildman–Crippen LogP) is 2.90. The monoisotopic (exact) mass is 413 g/mol. The van der Waals surface area contributed by atoms with Gasteiger partial charge in [-0.1, -0.05) is 17.7 Å². The summed E-state index contributed by atoms with van der Waals surface area (Å²) in [7, 11) is 3.55. The molecule has 1 aliphatic heterocycles. The molecule has 0 saturated heterocycles. The Bertz CT molecular complexity index is 936. The normalized spacial score (nSPS) is 16.3. The van der Waals surface area contributed by atoms with Gasteiger partial charge in [-0.05, 0) is 39.1 Å². The van der Waals surface area contributed by atoms with Crippen molar-refractivity contribution in [2.45, 2.75) is 26.4 Å². The Morgan fingerprint density at radius 2 is 2.07 bits per heavy atom. The van der Waals surface area contributed by atoms with Crippen molar-refractivity contribution in [3.63, 3.8) is 0 Å². The first kappa shape index (κ1) is 21.4. The van der Waals surface area contributed by atoms with E-state index < -0.39 is 18.0 Å². The van der Waals surface area contributed by atoms with Crippen molar-refractivity contribution in [2.75, 3.05) is 27.3 Å². The molecule has 2 heterocycles. The Kier molecular flexibility index (Phi) is 6.79. The summed E-state index contributed by atoms with van der Waals surface area (Å²) < 4.78 is 16.2. The van der Waals surface area contributed by atoms with Crippen molar-refractivity contribution < 1.29 is 23.5 Å². The standard InChI is InChI=1S/C22H27N3O5/c1-5-29-21(26)19-16(23-22(27)24-20(19)18-7-6-10-30-18)13-25(3)12-15-11-14(2)8-9-17(15)28-4/h6-11,20H,5,12-13H2,1-4H3,(H2,23,24,27)/t20-/m0/s1. The van der Waals surface area contributed by atoms with Gasteiger partial charge in [-0.3, -0.25) is 4.90 Å². The van der Waals surface area contributed by atoms with Crippen LogP contribution in [0.4, 0.5) is 4.79 Å². The molecule has 2 aromatic rings. The number of furan rings is 1. The summed E-state index contributed by atoms with van der Waals surface area (Å²) in [6.07, 6.45) is 1.50. The SMILES string of the molecule is CCOC(=O)C1=C(CN(C)Cc2cc(C)ccc2OC)NC(=O)N[C@H]1c1ccco1. The summed E-state index contributed by atoms with van der Waals surface area (Å²) in [5, 5.41) is 5.51. The second-order valence-electron chi connectivity index (χ2n) is 7.15. The summed E-state index contributed by atoms with van der Waals surface area (Å²) in [5.41, 5.74) is 2.95. The van der Waals surface area contributed by atoms with Gasteiger partial charge in [0.05, 0.1) is 25.6 Å². The highest BCUT2D eigenvalue weighted by atomic mass is 16.5. The second-order valence-corrected chi connectivity index (χ2v) is 7.15. The zero-order chi connectivity index (χ0) is 21.7. The van der Waals surface area contributed by atoms with Gasteiger partial charge in [-0.2, -0.15) is 0 Å². The molecule has 160 valence electrons. The first-order valence-corrected chi connectivity index (χ1v) is 9.76. The van der Waals surface area contributed by atoms with Gasteiger partial charge in [0, 0.05) is 24.4 Å². The van der Waals surface area contributed by atoms with E-state index in [9.17, 15) is 9.59 Å². The van der Waals surface area contributed by atoms with Crippen molar-refractivity contribution in [1.82, 2.24) is 15.5 Å². The van der Waals surface area contributed by atoms with Crippen LogP contribution in [0.3, 0.4) is 0 Å². The number of hydrogen-bond donors (Lipinski definition) is 2. The topological polar surface area (TPSA) is 93.0 Å². The van der Waals surface area contributed by atoms with E-state index in [2.05, 4.69) is 16.7 Å². The Labute approximate surface area is 175 Å². The molecule has 0 saturated carbocycles. The third kappa shape index (κ3) is 4.83. The van der Waals surface area contributed by atoms with E-state index in [1.807, 2.05) is 31.0 Å². The maximum atomic E-state index is 12.8. The van der Waals surface area contributed by atoms with E-state index in [4.69, 9.17) is 13.9 Å². The maximum Gasteiger partial charge on any atom is 0.338 e. The highest BCUT2D eigenvalue weighted by Crippen LogP contribution is 2.29. The highest BCUT2D eigenvalue weighted by molar-refractivity contribution is 5.95. The van der Waals surface area contributed by atoms with Gasteiger partial charge < -0.3 is 24.5 Å². The van der Waals surface area contributed by atoms with Crippen molar-refractivity contribution in [3.8, 4) is 5.75 Å². The molecule has 1 aromatic heterocycles. The molecule has 2 amide bonds. The number of aryl methyl sites for hydroxylation is 1. The lowest BCUT2D eigenvalue weighted by atomic mass is 9.99. The number of esters is 1. The third-order valence-corrected chi connectivity index (χ3v) is 4.78. The first-order chi connectivity index (χ1) is 14.4. The molecule has 30 heavy (non-hydrogen) atoms. The molecular weight excluding hydrogens is 386 g/mol. The van der Waals surface area contributed by atoms with Gasteiger partial charge in [0.25, 0.3) is 0 Å². The van der Waals surface area contributed by atoms with E-state index in [1.165, 1.54) is 6.26 Å². The van der Waals surface area contributed by atoms with Crippen LogP contribution in [0.25, 0.3) is 0 Å². The molecule has 1 aromatic carbocycles. The molecular formula is C22H27N3O5. The molecule has 2 N–H and O–H groups in total. The van der Waals surface area contributed by atoms with Crippen molar-refractivity contribution in [2.24, 2.45) is 0 Å². The van der Waals surface area contributed by atoms with Crippen LogP contribution in [0.5, 0.6) is 5.75 Å². The number of nitrogens with zero attached hydrogens (tertiary/aromatic N) is 1. The number of hydrogen-bond acceptors (Lipinski definition) is 6. The van der Waals surface area contributed by atoms with E-state index in [0.717, 1.165) is 16.9 Å². The minimum atomic E-state index is -0.718. The lowest BCUT2D eigenvalue weighted by Gasteiger charge is -2.30. The largest absolute Gasteiger partial charge is 0.496 e. The Balaban J connectivity index is 1.91. The molecule has 0 aliphatic carbocycles. The third-order valence-electron chi connectivity index (χ3n) is 4.78. The van der Waals surface area contributed by atoms with Gasteiger partial charge in [0.1, 0.15) is 17.6 Å². The molecule has 3 rings (SSSR count). The van der Waals surface area contributed by atoms with Crippen LogP contribution in [-0.4, -0.2) is 44.2 Å². The number of nitrogens with one attached hydrogen (secondary N) is 2. The average Bonchev–Trinajstić information content (AvgIpc) is 3.22. The van der Waals surface area contributed by atoms with Crippen molar-refractivity contribution in [3.05, 3.63) is 64.8 Å². The van der Waals surface area contributed by atoms with Crippen LogP contribution in [0, 0.1) is 6.92 Å². The number of carbonyl (C=O) groups excluding carboxylic acids is 2. The number of carbonyl (C=O) groups is 2. The molecule has 0 fully saturated rings. The fourth-order valence-electron chi connectivity index (χ4n) is 3.51. The van der Waals surface area contributed by atoms with Crippen LogP contribution >= 0.6 is 0 Å². The van der Waals surface area contributed by atoms with Gasteiger partial charge in [0.15, 0.2) is 0 Å². The summed E-state index contributed by atoms with van der Waals surface area (Å²) in [6.45, 7) is 4.89. The van der Waals surface area contributed by atoms with Gasteiger partial charge in [0.2, 0.25) is 0 Å². The second kappa shape index (κ2) is 9.49. The van der Waals surface area contributed by atoms with Crippen LogP contribution < -0.4 is 15.4 Å². The van der Waals surface area contributed by atoms with E-state index >= 15 is 0 Å². The Hall–Kier alpha value is -3.26. The van der Waals surface area contributed by atoms with Gasteiger partial charge in [-0.15, -0.1) is 0 Å². The fourth-order valence-corrected chi connectivity index (χ4v) is 3.51. The number of amides is 2. The van der Waals surface area contributed by atoms with Crippen LogP contribution in [0.1, 0.15) is 29.9 Å². The van der Waals surface area contributed by atoms with Crippen LogP contribution in [-0.2, 0) is 16.1 Å². The summed E-state index contributed by atoms with van der Waals surface area (Å²) in [5.74, 6) is 0.756. The number of rotatable bonds is 8. The lowest BCUT2D eigenvalue weighted by molar-refractivity contribution is -0.139. The zero-order valence-corrected chi connectivity index (χ0v) is 17.7. The smallest absolute Gasteiger partial charge is 0.338 e. The predicted molar refractivity (Wildman–Crippen MR) is 111 cm³/mol. The molecule has 1 aliphatic rings. The molecule has 8 nitrogen and oxygen atoms in total. The van der Waals surface area contributed by atoms with Crippen molar-refractivity contribution in [1.29, 1.82) is 0 Å². The summed E-state index contributed by atoms with van der Waals surface area (Å²) >= 11 is 0. The zero-order valence-electron chi connectivity index (χ0n) is 17.7. The Morgan fingerprint density at radius 3 is 2.73 bits per heavy atom. The minimum Gasteiger partial charge on any atom is -0.496 e. The van der Waals surface area contributed by atoms with E-state index in [1.54, 1.807) is 26.2 Å². The van der Waals surface area contributed by atoms with Gasteiger partial charge >= 0.3 is 12.0 Å². The number of likely N-dealkylation sites (N-methyl/N-ethyl adjacent to an activating group) is 1. The summed E-state index contributed by atoms with van der Waals surface area (Å²) in [6, 6.07) is 8.29. The average molecular weight is 413 g/mol. The molecule has 0 bridgehead atoms. The minimum absolute atomic E-state index is 0.227. The Morgan fingerprint density at radius 1 is 1.27 bits per heavy atom. The van der Waals surface area contributed by atoms with Gasteiger partial charge in [-0.25, -0.2) is 9.59 Å². The quantitative estimate of drug-likeness (QED) is 0.647. The molecule has 8 heteroatoms. The fraction of sp³-hybridized carbons (Fsp3) is 0.364. The van der Waals surface area contributed by atoms with Crippen LogP contribution in [0.15, 0.2) is 52.3 Å². The van der Waals surface area contributed by atoms with Crippen LogP contribution in [0.2, 0.25) is 0 Å². The van der Waals surface area contributed by atoms with Crippen molar-refractivity contribution >= 4 is 12.0 Å². The summed E-state index contributed by atoms with van der Waals surface area (Å²) in [4.78, 5) is 27.1. The number of benzene rings is 1. The molecule has 0 spiro atoms. The number of urea groups is 1. The van der Waals surface area contributed by atoms with E-state index in [-0.39, 0.29) is 6.61 Å². The highest BCUT2D eigenvalue weighted by Gasteiger charge is 2.35. The number of ether oxygens (including phenoxy) is 2. The maximum absolute atomic E-state index is 12.8. The molecule has 0 unspecified atom stereocenters. The van der Waals surface area contributed by atoms with E-state index in [0.29, 0.717) is 30.1 Å². The first-order valence-electron chi connectivity index (χ1n) is 9.76. The lowest BCUT2D eigenvalue weighted by Crippen LogP contribution is -2.48.